The fourth-order valence-corrected chi connectivity index (χ4v) is 3.10. The Hall–Kier alpha value is -2.82. The van der Waals surface area contributed by atoms with E-state index in [2.05, 4.69) is 5.32 Å². The third kappa shape index (κ3) is 4.88. The molecule has 1 N–H and O–H groups in total. The number of nitrogens with zero attached hydrogens (tertiary/aromatic N) is 1. The average molecular weight is 366 g/mol. The molecule has 1 heterocycles. The molecule has 0 spiro atoms. The van der Waals surface area contributed by atoms with Gasteiger partial charge in [-0.1, -0.05) is 30.3 Å². The third-order valence-corrected chi connectivity index (χ3v) is 4.42. The van der Waals surface area contributed by atoms with Gasteiger partial charge in [-0.05, 0) is 57.0 Å². The predicted octanol–water partition coefficient (Wildman–Crippen LogP) is 3.53. The zero-order chi connectivity index (χ0) is 19.4. The summed E-state index contributed by atoms with van der Waals surface area (Å²) >= 11 is 0. The molecule has 1 aliphatic rings. The molecule has 2 aromatic carbocycles. The van der Waals surface area contributed by atoms with Crippen molar-refractivity contribution in [2.45, 2.75) is 39.3 Å². The zero-order valence-electron chi connectivity index (χ0n) is 16.1. The Morgan fingerprint density at radius 2 is 1.78 bits per heavy atom. The summed E-state index contributed by atoms with van der Waals surface area (Å²) in [6.07, 6.45) is 0.535. The van der Waals surface area contributed by atoms with Gasteiger partial charge < -0.3 is 15.0 Å². The van der Waals surface area contributed by atoms with Gasteiger partial charge in [0.2, 0.25) is 11.8 Å². The number of nitrogens with one attached hydrogen (secondary N) is 1. The van der Waals surface area contributed by atoms with Crippen molar-refractivity contribution in [2.24, 2.45) is 5.92 Å². The van der Waals surface area contributed by atoms with Crippen LogP contribution >= 0.6 is 0 Å². The molecule has 5 heteroatoms. The Labute approximate surface area is 160 Å². The molecule has 1 aliphatic heterocycles. The van der Waals surface area contributed by atoms with Crippen LogP contribution in [0.4, 0.5) is 5.69 Å². The van der Waals surface area contributed by atoms with E-state index in [0.717, 1.165) is 17.0 Å². The number of carbonyl (C=O) groups excluding carboxylic acids is 2. The number of ether oxygens (including phenoxy) is 1. The van der Waals surface area contributed by atoms with Crippen LogP contribution in [0.25, 0.3) is 0 Å². The molecule has 0 radical (unpaired) electrons. The first kappa shape index (κ1) is 19.0. The maximum Gasteiger partial charge on any atom is 0.239 e. The van der Waals surface area contributed by atoms with Crippen LogP contribution in [0.1, 0.15) is 32.8 Å². The van der Waals surface area contributed by atoms with Crippen LogP contribution in [0.15, 0.2) is 54.6 Å². The minimum absolute atomic E-state index is 0.144. The topological polar surface area (TPSA) is 58.6 Å². The van der Waals surface area contributed by atoms with Crippen molar-refractivity contribution in [1.82, 2.24) is 5.32 Å². The molecule has 27 heavy (non-hydrogen) atoms. The smallest absolute Gasteiger partial charge is 0.239 e. The van der Waals surface area contributed by atoms with Crippen molar-refractivity contribution in [3.05, 3.63) is 60.2 Å². The molecule has 1 fully saturated rings. The molecule has 0 bridgehead atoms. The standard InChI is InChI=1S/C22H26N2O3/c1-22(2,3)23-20(25)19-13-14-24(21(19)26)17-9-11-18(12-10-17)27-15-16-7-5-4-6-8-16/h4-12,19H,13-15H2,1-3H3,(H,23,25)/t19-/m0/s1. The van der Waals surface area contributed by atoms with Crippen molar-refractivity contribution in [1.29, 1.82) is 0 Å². The molecule has 2 aromatic rings. The summed E-state index contributed by atoms with van der Waals surface area (Å²) in [6.45, 7) is 6.78. The highest BCUT2D eigenvalue weighted by atomic mass is 16.5. The van der Waals surface area contributed by atoms with Crippen LogP contribution in [-0.2, 0) is 16.2 Å². The van der Waals surface area contributed by atoms with E-state index in [-0.39, 0.29) is 17.4 Å². The SMILES string of the molecule is CC(C)(C)NC(=O)[C@@H]1CCN(c2ccc(OCc3ccccc3)cc2)C1=O. The van der Waals surface area contributed by atoms with E-state index in [4.69, 9.17) is 4.74 Å². The number of benzene rings is 2. The van der Waals surface area contributed by atoms with Crippen LogP contribution in [0.3, 0.4) is 0 Å². The molecule has 1 saturated heterocycles. The first-order valence-electron chi connectivity index (χ1n) is 9.24. The van der Waals surface area contributed by atoms with E-state index in [9.17, 15) is 9.59 Å². The molecule has 0 unspecified atom stereocenters. The monoisotopic (exact) mass is 366 g/mol. The molecule has 0 aliphatic carbocycles. The van der Waals surface area contributed by atoms with Crippen molar-refractivity contribution in [3.8, 4) is 5.75 Å². The molecular weight excluding hydrogens is 340 g/mol. The van der Waals surface area contributed by atoms with Crippen LogP contribution in [0.2, 0.25) is 0 Å². The summed E-state index contributed by atoms with van der Waals surface area (Å²) in [6, 6.07) is 17.4. The molecule has 0 saturated carbocycles. The molecule has 1 atom stereocenters. The summed E-state index contributed by atoms with van der Waals surface area (Å²) in [5.41, 5.74) is 1.55. The number of carbonyl (C=O) groups is 2. The Bertz CT molecular complexity index is 795. The highest BCUT2D eigenvalue weighted by Gasteiger charge is 2.38. The van der Waals surface area contributed by atoms with E-state index >= 15 is 0 Å². The Balaban J connectivity index is 1.60. The maximum absolute atomic E-state index is 12.7. The van der Waals surface area contributed by atoms with Crippen molar-refractivity contribution < 1.29 is 14.3 Å². The number of anilines is 1. The van der Waals surface area contributed by atoms with Crippen LogP contribution in [-0.4, -0.2) is 23.9 Å². The number of rotatable bonds is 5. The summed E-state index contributed by atoms with van der Waals surface area (Å²) in [5.74, 6) is -0.206. The summed E-state index contributed by atoms with van der Waals surface area (Å²) < 4.78 is 5.78. The van der Waals surface area contributed by atoms with Gasteiger partial charge in [-0.2, -0.15) is 0 Å². The van der Waals surface area contributed by atoms with Crippen LogP contribution in [0, 0.1) is 5.92 Å². The van der Waals surface area contributed by atoms with Crippen LogP contribution < -0.4 is 15.0 Å². The van der Waals surface area contributed by atoms with E-state index in [0.29, 0.717) is 19.6 Å². The average Bonchev–Trinajstić information content (AvgIpc) is 3.01. The van der Waals surface area contributed by atoms with Crippen molar-refractivity contribution in [2.75, 3.05) is 11.4 Å². The van der Waals surface area contributed by atoms with E-state index < -0.39 is 5.92 Å². The Morgan fingerprint density at radius 3 is 2.41 bits per heavy atom. The fraction of sp³-hybridized carbons (Fsp3) is 0.364. The molecule has 142 valence electrons. The minimum Gasteiger partial charge on any atom is -0.489 e. The highest BCUT2D eigenvalue weighted by Crippen LogP contribution is 2.27. The minimum atomic E-state index is -0.613. The second kappa shape index (κ2) is 7.82. The fourth-order valence-electron chi connectivity index (χ4n) is 3.10. The van der Waals surface area contributed by atoms with E-state index in [1.54, 1.807) is 4.90 Å². The summed E-state index contributed by atoms with van der Waals surface area (Å²) in [7, 11) is 0. The van der Waals surface area contributed by atoms with Gasteiger partial charge >= 0.3 is 0 Å². The number of amides is 2. The second-order valence-electron chi connectivity index (χ2n) is 7.84. The van der Waals surface area contributed by atoms with E-state index in [1.165, 1.54) is 0 Å². The van der Waals surface area contributed by atoms with Gasteiger partial charge in [0.25, 0.3) is 0 Å². The lowest BCUT2D eigenvalue weighted by molar-refractivity contribution is -0.133. The van der Waals surface area contributed by atoms with Crippen molar-refractivity contribution in [3.63, 3.8) is 0 Å². The Morgan fingerprint density at radius 1 is 1.11 bits per heavy atom. The van der Waals surface area contributed by atoms with Gasteiger partial charge in [-0.3, -0.25) is 9.59 Å². The van der Waals surface area contributed by atoms with Crippen molar-refractivity contribution >= 4 is 17.5 Å². The summed E-state index contributed by atoms with van der Waals surface area (Å²) in [4.78, 5) is 26.7. The number of hydrogen-bond donors (Lipinski definition) is 1. The first-order valence-corrected chi connectivity index (χ1v) is 9.24. The Kier molecular flexibility index (Phi) is 5.49. The lowest BCUT2D eigenvalue weighted by Crippen LogP contribution is -2.45. The summed E-state index contributed by atoms with van der Waals surface area (Å²) in [5, 5.41) is 2.90. The van der Waals surface area contributed by atoms with Gasteiger partial charge in [-0.25, -0.2) is 0 Å². The normalized spacial score (nSPS) is 17.1. The van der Waals surface area contributed by atoms with Gasteiger partial charge in [0, 0.05) is 17.8 Å². The van der Waals surface area contributed by atoms with Gasteiger partial charge in [0.05, 0.1) is 0 Å². The molecule has 5 nitrogen and oxygen atoms in total. The van der Waals surface area contributed by atoms with Gasteiger partial charge in [0.15, 0.2) is 0 Å². The highest BCUT2D eigenvalue weighted by molar-refractivity contribution is 6.09. The van der Waals surface area contributed by atoms with E-state index in [1.807, 2.05) is 75.4 Å². The third-order valence-electron chi connectivity index (χ3n) is 4.42. The predicted molar refractivity (Wildman–Crippen MR) is 106 cm³/mol. The molecular formula is C22H26N2O3. The number of hydrogen-bond acceptors (Lipinski definition) is 3. The maximum atomic E-state index is 12.7. The largest absolute Gasteiger partial charge is 0.489 e. The van der Waals surface area contributed by atoms with Gasteiger partial charge in [0.1, 0.15) is 18.3 Å². The molecule has 2 amide bonds. The van der Waals surface area contributed by atoms with Crippen LogP contribution in [0.5, 0.6) is 5.75 Å². The zero-order valence-corrected chi connectivity index (χ0v) is 16.1. The van der Waals surface area contributed by atoms with Gasteiger partial charge in [-0.15, -0.1) is 0 Å². The second-order valence-corrected chi connectivity index (χ2v) is 7.84. The first-order chi connectivity index (χ1) is 12.8. The lowest BCUT2D eigenvalue weighted by atomic mass is 10.0. The quantitative estimate of drug-likeness (QED) is 0.824. The lowest BCUT2D eigenvalue weighted by Gasteiger charge is -2.23. The molecule has 3 rings (SSSR count). The molecule has 0 aromatic heterocycles.